The summed E-state index contributed by atoms with van der Waals surface area (Å²) in [5, 5.41) is 9.98. The molecular formula is C33H37ClFN7O2. The number of anilines is 1. The van der Waals surface area contributed by atoms with Crippen LogP contribution in [0.25, 0.3) is 32.9 Å². The number of pyridine rings is 1. The second-order valence-electron chi connectivity index (χ2n) is 10.6. The van der Waals surface area contributed by atoms with Crippen LogP contribution in [0.3, 0.4) is 0 Å². The molecule has 1 amide bonds. The number of fused-ring (bicyclic) bond motifs is 2. The van der Waals surface area contributed by atoms with Crippen LogP contribution in [-0.2, 0) is 4.79 Å². The fourth-order valence-electron chi connectivity index (χ4n) is 5.43. The Balaban J connectivity index is 0.000000427. The molecule has 0 aliphatic carbocycles. The quantitative estimate of drug-likeness (QED) is 0.250. The van der Waals surface area contributed by atoms with Gasteiger partial charge in [0.1, 0.15) is 11.0 Å². The second-order valence-corrected chi connectivity index (χ2v) is 11.0. The minimum atomic E-state index is -0.953. The van der Waals surface area contributed by atoms with Crippen LogP contribution in [-0.4, -0.2) is 84.1 Å². The van der Waals surface area contributed by atoms with Gasteiger partial charge in [-0.25, -0.2) is 4.39 Å². The Bertz CT molecular complexity index is 1690. The van der Waals surface area contributed by atoms with E-state index in [2.05, 4.69) is 28.5 Å². The summed E-state index contributed by atoms with van der Waals surface area (Å²) >= 11 is 6.58. The first-order chi connectivity index (χ1) is 21.2. The van der Waals surface area contributed by atoms with Crippen molar-refractivity contribution in [2.75, 3.05) is 58.3 Å². The molecule has 2 fully saturated rings. The number of likely N-dealkylation sites (tertiary alicyclic amines) is 1. The Morgan fingerprint density at radius 1 is 1.02 bits per heavy atom. The number of benzene rings is 2. The average molecular weight is 618 g/mol. The number of amides is 1. The van der Waals surface area contributed by atoms with E-state index in [1.807, 2.05) is 54.4 Å². The molecule has 4 heterocycles. The molecule has 230 valence electrons. The molecule has 2 aromatic heterocycles. The molecule has 11 heteroatoms. The maximum Gasteiger partial charge on any atom is 0.318 e. The van der Waals surface area contributed by atoms with Gasteiger partial charge in [0.15, 0.2) is 11.6 Å². The molecule has 0 spiro atoms. The lowest BCUT2D eigenvalue weighted by molar-refractivity contribution is -0.128. The van der Waals surface area contributed by atoms with Crippen LogP contribution in [0.4, 0.5) is 10.2 Å². The number of aromatic nitrogens is 3. The largest absolute Gasteiger partial charge is 0.467 e. The van der Waals surface area contributed by atoms with Crippen LogP contribution in [0.5, 0.6) is 6.01 Å². The van der Waals surface area contributed by atoms with Gasteiger partial charge < -0.3 is 19.4 Å². The van der Waals surface area contributed by atoms with Gasteiger partial charge in [-0.1, -0.05) is 48.5 Å². The lowest BCUT2D eigenvalue weighted by Crippen LogP contribution is -2.49. The average Bonchev–Trinajstić information content (AvgIpc) is 3.52. The molecule has 0 atom stereocenters. The lowest BCUT2D eigenvalue weighted by Gasteiger charge is -2.35. The van der Waals surface area contributed by atoms with E-state index in [1.54, 1.807) is 6.07 Å². The zero-order chi connectivity index (χ0) is 31.8. The van der Waals surface area contributed by atoms with Gasteiger partial charge in [0.25, 0.3) is 5.91 Å². The number of methoxy groups -OCH3 is 1. The van der Waals surface area contributed by atoms with E-state index in [4.69, 9.17) is 26.6 Å². The Morgan fingerprint density at radius 3 is 2.23 bits per heavy atom. The van der Waals surface area contributed by atoms with Crippen LogP contribution in [0.2, 0.25) is 5.02 Å². The summed E-state index contributed by atoms with van der Waals surface area (Å²) in [5.41, 5.74) is 4.11. The summed E-state index contributed by atoms with van der Waals surface area (Å²) < 4.78 is 18.7. The first-order valence-corrected chi connectivity index (χ1v) is 14.8. The summed E-state index contributed by atoms with van der Waals surface area (Å²) in [4.78, 5) is 31.7. The second kappa shape index (κ2) is 14.9. The number of hydrogen-bond donors (Lipinski definition) is 0. The van der Waals surface area contributed by atoms with Gasteiger partial charge in [0, 0.05) is 55.3 Å². The predicted octanol–water partition coefficient (Wildman–Crippen LogP) is 6.19. The van der Waals surface area contributed by atoms with Crippen molar-refractivity contribution in [3.63, 3.8) is 0 Å². The van der Waals surface area contributed by atoms with E-state index < -0.39 is 11.7 Å². The Kier molecular flexibility index (Phi) is 11.0. The standard InChI is InChI=1S/C26H23ClFN5O2.C5H11N.C2H3N/c1-15-19(18-8-4-6-17-7-5-9-20(27)21(17)18)14-29-23-22(15)30-26(35-3)31-24(23)32-10-12-33(13-11-32)25(34)16(2)28;1-6-4-2-3-5-6;1-2-3/h4-9,14H,2,10-13H2,1,3H3;2-5H2,1H3;1H3. The maximum absolute atomic E-state index is 13.3. The van der Waals surface area contributed by atoms with Gasteiger partial charge in [0.2, 0.25) is 0 Å². The summed E-state index contributed by atoms with van der Waals surface area (Å²) in [5.74, 6) is -1.02. The van der Waals surface area contributed by atoms with Gasteiger partial charge in [-0.3, -0.25) is 9.78 Å². The van der Waals surface area contributed by atoms with Crippen molar-refractivity contribution in [3.05, 3.63) is 65.6 Å². The van der Waals surface area contributed by atoms with Gasteiger partial charge in [0.05, 0.1) is 13.2 Å². The molecule has 4 aromatic rings. The fraction of sp³-hybridized carbons (Fsp3) is 0.364. The third-order valence-electron chi connectivity index (χ3n) is 7.68. The highest BCUT2D eigenvalue weighted by Gasteiger charge is 2.26. The zero-order valence-corrected chi connectivity index (χ0v) is 26.4. The van der Waals surface area contributed by atoms with E-state index in [9.17, 15) is 9.18 Å². The molecule has 0 bridgehead atoms. The molecule has 0 N–H and O–H groups in total. The maximum atomic E-state index is 13.3. The molecule has 2 saturated heterocycles. The van der Waals surface area contributed by atoms with Gasteiger partial charge in [-0.05, 0) is 62.5 Å². The molecule has 0 unspecified atom stereocenters. The Morgan fingerprint density at radius 2 is 1.66 bits per heavy atom. The van der Waals surface area contributed by atoms with E-state index in [-0.39, 0.29) is 6.01 Å². The number of nitrogens with zero attached hydrogens (tertiary/aromatic N) is 7. The summed E-state index contributed by atoms with van der Waals surface area (Å²) in [6.45, 7) is 10.8. The normalized spacial score (nSPS) is 14.8. The minimum absolute atomic E-state index is 0.223. The highest BCUT2D eigenvalue weighted by molar-refractivity contribution is 6.36. The fourth-order valence-corrected chi connectivity index (χ4v) is 5.71. The third-order valence-corrected chi connectivity index (χ3v) is 8.00. The van der Waals surface area contributed by atoms with E-state index in [1.165, 1.54) is 44.9 Å². The number of rotatable bonds is 4. The van der Waals surface area contributed by atoms with Crippen molar-refractivity contribution in [2.45, 2.75) is 26.7 Å². The summed E-state index contributed by atoms with van der Waals surface area (Å²) in [6, 6.07) is 13.9. The highest BCUT2D eigenvalue weighted by Crippen LogP contribution is 2.38. The molecule has 6 rings (SSSR count). The predicted molar refractivity (Wildman–Crippen MR) is 174 cm³/mol. The van der Waals surface area contributed by atoms with Crippen LogP contribution in [0, 0.1) is 18.3 Å². The number of nitriles is 1. The number of hydrogen-bond acceptors (Lipinski definition) is 8. The van der Waals surface area contributed by atoms with Crippen LogP contribution < -0.4 is 9.64 Å². The molecule has 9 nitrogen and oxygen atoms in total. The Labute approximate surface area is 262 Å². The van der Waals surface area contributed by atoms with Crippen molar-refractivity contribution in [3.8, 4) is 23.2 Å². The number of piperazine rings is 1. The van der Waals surface area contributed by atoms with Crippen molar-refractivity contribution < 1.29 is 13.9 Å². The van der Waals surface area contributed by atoms with E-state index >= 15 is 0 Å². The number of ether oxygens (including phenoxy) is 1. The zero-order valence-electron chi connectivity index (χ0n) is 25.6. The number of halogens is 2. The van der Waals surface area contributed by atoms with Crippen molar-refractivity contribution in [1.82, 2.24) is 24.8 Å². The number of carbonyl (C=O) groups is 1. The van der Waals surface area contributed by atoms with Crippen molar-refractivity contribution in [2.24, 2.45) is 0 Å². The first kappa shape index (κ1) is 32.6. The molecule has 0 radical (unpaired) electrons. The van der Waals surface area contributed by atoms with Crippen LogP contribution >= 0.6 is 11.6 Å². The van der Waals surface area contributed by atoms with E-state index in [0.717, 1.165) is 27.5 Å². The number of carbonyl (C=O) groups excluding carboxylic acids is 1. The SMILES string of the molecule is C=C(F)C(=O)N1CCN(c2nc(OC)nc3c(C)c(-c4cccc5cccc(Cl)c45)cnc23)CC1.CC#N.CN1CCCC1. The number of aryl methyl sites for hydroxylation is 1. The molecule has 2 aromatic carbocycles. The first-order valence-electron chi connectivity index (χ1n) is 14.5. The van der Waals surface area contributed by atoms with Crippen molar-refractivity contribution in [1.29, 1.82) is 5.26 Å². The van der Waals surface area contributed by atoms with E-state index in [0.29, 0.717) is 48.1 Å². The summed E-state index contributed by atoms with van der Waals surface area (Å²) in [6.07, 6.45) is 4.65. The Hall–Kier alpha value is -4.33. The van der Waals surface area contributed by atoms with Gasteiger partial charge in [-0.15, -0.1) is 0 Å². The molecular weight excluding hydrogens is 581 g/mol. The minimum Gasteiger partial charge on any atom is -0.467 e. The smallest absolute Gasteiger partial charge is 0.318 e. The van der Waals surface area contributed by atoms with Crippen molar-refractivity contribution >= 4 is 45.1 Å². The lowest BCUT2D eigenvalue weighted by atomic mass is 9.96. The molecule has 2 aliphatic heterocycles. The monoisotopic (exact) mass is 617 g/mol. The van der Waals surface area contributed by atoms with Crippen LogP contribution in [0.15, 0.2) is 55.0 Å². The third kappa shape index (κ3) is 7.24. The molecule has 44 heavy (non-hydrogen) atoms. The van der Waals surface area contributed by atoms with Gasteiger partial charge in [-0.2, -0.15) is 15.2 Å². The topological polar surface area (TPSA) is 98.5 Å². The van der Waals surface area contributed by atoms with Gasteiger partial charge >= 0.3 is 6.01 Å². The van der Waals surface area contributed by atoms with Crippen LogP contribution in [0.1, 0.15) is 25.3 Å². The summed E-state index contributed by atoms with van der Waals surface area (Å²) in [7, 11) is 3.69. The highest BCUT2D eigenvalue weighted by atomic mass is 35.5. The molecule has 0 saturated carbocycles. The molecule has 2 aliphatic rings.